The Bertz CT molecular complexity index is 739. The number of carbonyl (C=O) groups excluding carboxylic acids is 3. The second kappa shape index (κ2) is 6.35. The van der Waals surface area contributed by atoms with Gasteiger partial charge in [-0.25, -0.2) is 0 Å². The van der Waals surface area contributed by atoms with Gasteiger partial charge in [-0.2, -0.15) is 0 Å². The fourth-order valence-corrected chi connectivity index (χ4v) is 2.93. The van der Waals surface area contributed by atoms with E-state index in [1.54, 1.807) is 12.2 Å². The van der Waals surface area contributed by atoms with Gasteiger partial charge < -0.3 is 24.7 Å². The first-order valence-corrected chi connectivity index (χ1v) is 7.58. The highest BCUT2D eigenvalue weighted by molar-refractivity contribution is 6.05. The summed E-state index contributed by atoms with van der Waals surface area (Å²) < 4.78 is 10.5. The Balaban J connectivity index is 1.87. The van der Waals surface area contributed by atoms with Gasteiger partial charge in [0.15, 0.2) is 17.3 Å². The summed E-state index contributed by atoms with van der Waals surface area (Å²) in [6.45, 7) is 1.42. The van der Waals surface area contributed by atoms with E-state index in [0.29, 0.717) is 17.9 Å². The number of hydrogen-bond acceptors (Lipinski definition) is 6. The smallest absolute Gasteiger partial charge is 0.231 e. The van der Waals surface area contributed by atoms with Crippen molar-refractivity contribution in [2.75, 3.05) is 12.1 Å². The molecule has 1 N–H and O–H groups in total. The Morgan fingerprint density at radius 3 is 2.33 bits per heavy atom. The molecule has 0 saturated heterocycles. The highest BCUT2D eigenvalue weighted by Gasteiger charge is 2.31. The van der Waals surface area contributed by atoms with E-state index in [9.17, 15) is 19.5 Å². The maximum Gasteiger partial charge on any atom is 0.231 e. The number of ether oxygens (including phenoxy) is 2. The topological polar surface area (TPSA) is 105 Å². The van der Waals surface area contributed by atoms with Crippen LogP contribution in [0.2, 0.25) is 0 Å². The Labute approximate surface area is 138 Å². The largest absolute Gasteiger partial charge is 0.550 e. The molecule has 7 heteroatoms. The quantitative estimate of drug-likeness (QED) is 0.649. The van der Waals surface area contributed by atoms with Gasteiger partial charge in [0.05, 0.1) is 11.6 Å². The zero-order chi connectivity index (χ0) is 17.3. The molecule has 1 heterocycles. The molecule has 1 aromatic carbocycles. The number of nitrogens with one attached hydrogen (secondary N) is 1. The lowest BCUT2D eigenvalue weighted by Crippen LogP contribution is -2.41. The zero-order valence-electron chi connectivity index (χ0n) is 13.0. The summed E-state index contributed by atoms with van der Waals surface area (Å²) in [5, 5.41) is 13.9. The average Bonchev–Trinajstić information content (AvgIpc) is 3.01. The van der Waals surface area contributed by atoms with Crippen LogP contribution in [-0.4, -0.2) is 24.5 Å². The third-order valence-corrected chi connectivity index (χ3v) is 4.22. The molecule has 3 rings (SSSR count). The monoisotopic (exact) mass is 330 g/mol. The number of carboxylic acid groups (broad SMARTS) is 1. The molecule has 24 heavy (non-hydrogen) atoms. The molecule has 1 aliphatic heterocycles. The van der Waals surface area contributed by atoms with Gasteiger partial charge in [-0.3, -0.25) is 9.59 Å². The van der Waals surface area contributed by atoms with E-state index in [1.807, 2.05) is 0 Å². The van der Waals surface area contributed by atoms with Gasteiger partial charge in [0.1, 0.15) is 0 Å². The summed E-state index contributed by atoms with van der Waals surface area (Å²) in [7, 11) is 0. The summed E-state index contributed by atoms with van der Waals surface area (Å²) in [5.41, 5.74) is 0.562. The summed E-state index contributed by atoms with van der Waals surface area (Å²) in [4.78, 5) is 35.6. The van der Waals surface area contributed by atoms with Crippen molar-refractivity contribution >= 4 is 23.3 Å². The molecule has 0 bridgehead atoms. The summed E-state index contributed by atoms with van der Waals surface area (Å²) in [5.74, 6) is -2.73. The maximum absolute atomic E-state index is 12.5. The first kappa shape index (κ1) is 16.0. The van der Waals surface area contributed by atoms with Crippen LogP contribution in [0.3, 0.4) is 0 Å². The van der Waals surface area contributed by atoms with Crippen molar-refractivity contribution in [2.24, 2.45) is 11.8 Å². The lowest BCUT2D eigenvalue weighted by Gasteiger charge is -2.28. The summed E-state index contributed by atoms with van der Waals surface area (Å²) in [6, 6.07) is 3.03. The SMILES string of the molecule is CC(=O)c1cc2c(cc1NC(=O)[C@@H]1CC=CC[C@@H]1C(=O)[O-])OCO2. The van der Waals surface area contributed by atoms with Crippen molar-refractivity contribution in [3.8, 4) is 11.5 Å². The first-order chi connectivity index (χ1) is 11.5. The number of anilines is 1. The van der Waals surface area contributed by atoms with Crippen LogP contribution in [0.1, 0.15) is 30.1 Å². The Morgan fingerprint density at radius 1 is 1.08 bits per heavy atom. The van der Waals surface area contributed by atoms with E-state index in [0.717, 1.165) is 0 Å². The molecule has 1 amide bonds. The predicted octanol–water partition coefficient (Wildman–Crippen LogP) is 0.889. The number of carboxylic acids is 1. The van der Waals surface area contributed by atoms with Crippen LogP contribution in [0.5, 0.6) is 11.5 Å². The second-order valence-corrected chi connectivity index (χ2v) is 5.77. The molecular formula is C17H16NO6-. The molecule has 2 atom stereocenters. The van der Waals surface area contributed by atoms with E-state index in [-0.39, 0.29) is 30.2 Å². The molecule has 2 aliphatic rings. The van der Waals surface area contributed by atoms with E-state index in [2.05, 4.69) is 5.32 Å². The van der Waals surface area contributed by atoms with Crippen LogP contribution in [0.25, 0.3) is 0 Å². The molecular weight excluding hydrogens is 314 g/mol. The molecule has 0 saturated carbocycles. The van der Waals surface area contributed by atoms with Crippen molar-refractivity contribution in [1.82, 2.24) is 0 Å². The molecule has 0 radical (unpaired) electrons. The molecule has 0 fully saturated rings. The van der Waals surface area contributed by atoms with Crippen LogP contribution in [0.4, 0.5) is 5.69 Å². The van der Waals surface area contributed by atoms with Crippen molar-refractivity contribution in [3.63, 3.8) is 0 Å². The van der Waals surface area contributed by atoms with Crippen LogP contribution in [0, 0.1) is 11.8 Å². The minimum Gasteiger partial charge on any atom is -0.550 e. The second-order valence-electron chi connectivity index (χ2n) is 5.77. The Kier molecular flexibility index (Phi) is 4.24. The van der Waals surface area contributed by atoms with Gasteiger partial charge in [-0.05, 0) is 25.8 Å². The Morgan fingerprint density at radius 2 is 1.71 bits per heavy atom. The average molecular weight is 330 g/mol. The van der Waals surface area contributed by atoms with Crippen molar-refractivity contribution in [2.45, 2.75) is 19.8 Å². The number of hydrogen-bond donors (Lipinski definition) is 1. The number of rotatable bonds is 4. The van der Waals surface area contributed by atoms with Gasteiger partial charge in [0.2, 0.25) is 12.7 Å². The predicted molar refractivity (Wildman–Crippen MR) is 81.6 cm³/mol. The normalized spacial score (nSPS) is 21.4. The molecule has 1 aliphatic carbocycles. The van der Waals surface area contributed by atoms with E-state index >= 15 is 0 Å². The molecule has 7 nitrogen and oxygen atoms in total. The standard InChI is InChI=1S/C17H17NO6/c1-9(19)12-6-14-15(24-8-23-14)7-13(12)18-16(20)10-4-2-3-5-11(10)17(21)22/h2-3,6-7,10-11H,4-5,8H2,1H3,(H,18,20)(H,21,22)/p-1/t10-,11+/m1/s1. The number of ketones is 1. The maximum atomic E-state index is 12.5. The highest BCUT2D eigenvalue weighted by Crippen LogP contribution is 2.38. The van der Waals surface area contributed by atoms with E-state index < -0.39 is 23.7 Å². The van der Waals surface area contributed by atoms with Crippen LogP contribution < -0.4 is 19.9 Å². The molecule has 1 aromatic rings. The van der Waals surface area contributed by atoms with Crippen LogP contribution >= 0.6 is 0 Å². The lowest BCUT2D eigenvalue weighted by atomic mass is 9.82. The number of fused-ring (bicyclic) bond motifs is 1. The van der Waals surface area contributed by atoms with Gasteiger partial charge in [-0.1, -0.05) is 12.2 Å². The van der Waals surface area contributed by atoms with Crippen molar-refractivity contribution in [1.29, 1.82) is 0 Å². The zero-order valence-corrected chi connectivity index (χ0v) is 13.0. The van der Waals surface area contributed by atoms with Crippen molar-refractivity contribution < 1.29 is 29.0 Å². The van der Waals surface area contributed by atoms with Gasteiger partial charge >= 0.3 is 0 Å². The number of Topliss-reactive ketones (excluding diaryl/α,β-unsaturated/α-hetero) is 1. The van der Waals surface area contributed by atoms with Crippen LogP contribution in [-0.2, 0) is 9.59 Å². The number of carbonyl (C=O) groups is 3. The molecule has 0 unspecified atom stereocenters. The summed E-state index contributed by atoms with van der Waals surface area (Å²) in [6.07, 6.45) is 4.06. The first-order valence-electron chi connectivity index (χ1n) is 7.58. The lowest BCUT2D eigenvalue weighted by molar-refractivity contribution is -0.313. The van der Waals surface area contributed by atoms with E-state index in [1.165, 1.54) is 19.1 Å². The fourth-order valence-electron chi connectivity index (χ4n) is 2.93. The van der Waals surface area contributed by atoms with Gasteiger partial charge in [0.25, 0.3) is 0 Å². The Hall–Kier alpha value is -2.83. The van der Waals surface area contributed by atoms with Crippen LogP contribution in [0.15, 0.2) is 24.3 Å². The molecule has 0 spiro atoms. The van der Waals surface area contributed by atoms with Gasteiger partial charge in [0, 0.05) is 23.5 Å². The number of aliphatic carboxylic acids is 1. The molecule has 0 aromatic heterocycles. The minimum atomic E-state index is -1.25. The third kappa shape index (κ3) is 2.97. The van der Waals surface area contributed by atoms with Crippen molar-refractivity contribution in [3.05, 3.63) is 29.8 Å². The molecule has 126 valence electrons. The van der Waals surface area contributed by atoms with Gasteiger partial charge in [-0.15, -0.1) is 0 Å². The highest BCUT2D eigenvalue weighted by atomic mass is 16.7. The van der Waals surface area contributed by atoms with E-state index in [4.69, 9.17) is 9.47 Å². The third-order valence-electron chi connectivity index (χ3n) is 4.22. The number of allylic oxidation sites excluding steroid dienone is 2. The fraction of sp³-hybridized carbons (Fsp3) is 0.353. The summed E-state index contributed by atoms with van der Waals surface area (Å²) >= 11 is 0. The number of amides is 1. The minimum absolute atomic E-state index is 0.0459. The number of benzene rings is 1.